The second-order valence-electron chi connectivity index (χ2n) is 4.68. The van der Waals surface area contributed by atoms with E-state index in [1.165, 1.54) is 0 Å². The summed E-state index contributed by atoms with van der Waals surface area (Å²) in [5.74, 6) is 0.866. The molecule has 0 spiro atoms. The van der Waals surface area contributed by atoms with Crippen molar-refractivity contribution in [3.8, 4) is 5.75 Å². The second kappa shape index (κ2) is 6.41. The molecule has 0 aliphatic rings. The van der Waals surface area contributed by atoms with E-state index in [1.54, 1.807) is 30.5 Å². The number of nitrogens with one attached hydrogen (secondary N) is 1. The fourth-order valence-electron chi connectivity index (χ4n) is 1.96. The number of phenolic OH excluding ortho intramolecular Hbond substituents is 1. The zero-order valence-corrected chi connectivity index (χ0v) is 10.9. The molecule has 0 radical (unpaired) electrons. The number of hydrogen-bond acceptors (Lipinski definition) is 4. The molecular weight excluding hydrogens is 242 g/mol. The smallest absolute Gasteiger partial charge is 0.132 e. The maximum Gasteiger partial charge on any atom is 0.132 e. The Bertz CT molecular complexity index is 496. The molecule has 1 heterocycles. The Kier molecular flexibility index (Phi) is 4.60. The van der Waals surface area contributed by atoms with Crippen molar-refractivity contribution in [2.45, 2.75) is 32.0 Å². The summed E-state index contributed by atoms with van der Waals surface area (Å²) in [6.45, 7) is 2.56. The predicted molar refractivity (Wildman–Crippen MR) is 72.7 cm³/mol. The molecule has 19 heavy (non-hydrogen) atoms. The maximum absolute atomic E-state index is 9.95. The van der Waals surface area contributed by atoms with Gasteiger partial charge in [0.1, 0.15) is 17.6 Å². The first-order valence-corrected chi connectivity index (χ1v) is 6.38. The predicted octanol–water partition coefficient (Wildman–Crippen LogP) is 2.59. The molecule has 3 N–H and O–H groups in total. The van der Waals surface area contributed by atoms with Crippen LogP contribution < -0.4 is 5.32 Å². The van der Waals surface area contributed by atoms with Gasteiger partial charge in [-0.05, 0) is 31.5 Å². The van der Waals surface area contributed by atoms with Gasteiger partial charge in [0.25, 0.3) is 0 Å². The van der Waals surface area contributed by atoms with Gasteiger partial charge in [-0.15, -0.1) is 0 Å². The fraction of sp³-hybridized carbons (Fsp3) is 0.333. The van der Waals surface area contributed by atoms with E-state index in [9.17, 15) is 10.2 Å². The van der Waals surface area contributed by atoms with E-state index in [4.69, 9.17) is 4.42 Å². The average Bonchev–Trinajstić information content (AvgIpc) is 2.91. The number of aromatic hydroxyl groups is 1. The first-order chi connectivity index (χ1) is 9.16. The van der Waals surface area contributed by atoms with Gasteiger partial charge >= 0.3 is 0 Å². The molecule has 2 aromatic rings. The van der Waals surface area contributed by atoms with Gasteiger partial charge in [0.2, 0.25) is 0 Å². The third-order valence-corrected chi connectivity index (χ3v) is 3.08. The van der Waals surface area contributed by atoms with E-state index in [-0.39, 0.29) is 11.8 Å². The SMILES string of the molecule is CC(CC(O)c1ccco1)NCc1ccccc1O. The molecule has 2 rings (SSSR count). The summed E-state index contributed by atoms with van der Waals surface area (Å²) in [6, 6.07) is 10.9. The first-order valence-electron chi connectivity index (χ1n) is 6.38. The second-order valence-corrected chi connectivity index (χ2v) is 4.68. The monoisotopic (exact) mass is 261 g/mol. The zero-order chi connectivity index (χ0) is 13.7. The number of para-hydroxylation sites is 1. The molecule has 102 valence electrons. The molecule has 2 unspecified atom stereocenters. The third-order valence-electron chi connectivity index (χ3n) is 3.08. The minimum absolute atomic E-state index is 0.111. The van der Waals surface area contributed by atoms with Crippen molar-refractivity contribution in [1.82, 2.24) is 5.32 Å². The topological polar surface area (TPSA) is 65.6 Å². The van der Waals surface area contributed by atoms with Crippen LogP contribution in [0.25, 0.3) is 0 Å². The van der Waals surface area contributed by atoms with Gasteiger partial charge in [-0.25, -0.2) is 0 Å². The Labute approximate surface area is 112 Å². The summed E-state index contributed by atoms with van der Waals surface area (Å²) in [7, 11) is 0. The molecule has 1 aromatic heterocycles. The van der Waals surface area contributed by atoms with E-state index in [2.05, 4.69) is 5.32 Å². The van der Waals surface area contributed by atoms with Crippen molar-refractivity contribution in [1.29, 1.82) is 0 Å². The zero-order valence-electron chi connectivity index (χ0n) is 10.9. The van der Waals surface area contributed by atoms with Crippen LogP contribution in [0, 0.1) is 0 Å². The third kappa shape index (κ3) is 3.84. The van der Waals surface area contributed by atoms with E-state index in [0.717, 1.165) is 5.56 Å². The summed E-state index contributed by atoms with van der Waals surface area (Å²) in [5.41, 5.74) is 0.849. The van der Waals surface area contributed by atoms with Gasteiger partial charge in [-0.3, -0.25) is 0 Å². The number of hydrogen-bond donors (Lipinski definition) is 3. The highest BCUT2D eigenvalue weighted by Crippen LogP contribution is 2.19. The molecule has 0 saturated carbocycles. The van der Waals surface area contributed by atoms with Crippen molar-refractivity contribution in [3.05, 3.63) is 54.0 Å². The number of aliphatic hydroxyl groups excluding tert-OH is 1. The average molecular weight is 261 g/mol. The maximum atomic E-state index is 9.95. The highest BCUT2D eigenvalue weighted by atomic mass is 16.4. The highest BCUT2D eigenvalue weighted by Gasteiger charge is 2.14. The van der Waals surface area contributed by atoms with Gasteiger partial charge in [0.05, 0.1) is 6.26 Å². The van der Waals surface area contributed by atoms with Crippen molar-refractivity contribution in [2.75, 3.05) is 0 Å². The number of benzene rings is 1. The lowest BCUT2D eigenvalue weighted by Crippen LogP contribution is -2.27. The summed E-state index contributed by atoms with van der Waals surface area (Å²) >= 11 is 0. The molecule has 2 atom stereocenters. The van der Waals surface area contributed by atoms with Crippen molar-refractivity contribution >= 4 is 0 Å². The largest absolute Gasteiger partial charge is 0.508 e. The van der Waals surface area contributed by atoms with Crippen molar-refractivity contribution < 1.29 is 14.6 Å². The van der Waals surface area contributed by atoms with Crippen LogP contribution in [0.4, 0.5) is 0 Å². The van der Waals surface area contributed by atoms with E-state index >= 15 is 0 Å². The Balaban J connectivity index is 1.82. The number of furan rings is 1. The molecule has 4 heteroatoms. The minimum Gasteiger partial charge on any atom is -0.508 e. The Hall–Kier alpha value is -1.78. The minimum atomic E-state index is -0.609. The van der Waals surface area contributed by atoms with Gasteiger partial charge in [-0.2, -0.15) is 0 Å². The van der Waals surface area contributed by atoms with Crippen LogP contribution >= 0.6 is 0 Å². The molecule has 0 aliphatic carbocycles. The van der Waals surface area contributed by atoms with Crippen LogP contribution in [0.2, 0.25) is 0 Å². The lowest BCUT2D eigenvalue weighted by molar-refractivity contribution is 0.128. The van der Waals surface area contributed by atoms with E-state index in [1.807, 2.05) is 19.1 Å². The quantitative estimate of drug-likeness (QED) is 0.747. The van der Waals surface area contributed by atoms with Gasteiger partial charge in [-0.1, -0.05) is 18.2 Å². The lowest BCUT2D eigenvalue weighted by atomic mass is 10.1. The fourth-order valence-corrected chi connectivity index (χ4v) is 1.96. The van der Waals surface area contributed by atoms with Crippen LogP contribution in [0.1, 0.15) is 30.8 Å². The highest BCUT2D eigenvalue weighted by molar-refractivity contribution is 5.31. The van der Waals surface area contributed by atoms with Crippen LogP contribution in [-0.2, 0) is 6.54 Å². The molecule has 0 bridgehead atoms. The van der Waals surface area contributed by atoms with Crippen molar-refractivity contribution in [2.24, 2.45) is 0 Å². The number of phenols is 1. The van der Waals surface area contributed by atoms with E-state index in [0.29, 0.717) is 18.7 Å². The molecular formula is C15H19NO3. The molecule has 0 fully saturated rings. The number of rotatable bonds is 6. The van der Waals surface area contributed by atoms with Crippen LogP contribution in [0.15, 0.2) is 47.1 Å². The lowest BCUT2D eigenvalue weighted by Gasteiger charge is -2.17. The van der Waals surface area contributed by atoms with Crippen molar-refractivity contribution in [3.63, 3.8) is 0 Å². The normalized spacial score (nSPS) is 14.2. The summed E-state index contributed by atoms with van der Waals surface area (Å²) in [6.07, 6.45) is 1.50. The van der Waals surface area contributed by atoms with Gasteiger partial charge < -0.3 is 19.9 Å². The van der Waals surface area contributed by atoms with Gasteiger partial charge in [0, 0.05) is 18.2 Å². The standard InChI is InChI=1S/C15H19NO3/c1-11(9-14(18)15-7-4-8-19-15)16-10-12-5-2-3-6-13(12)17/h2-8,11,14,16-18H,9-10H2,1H3. The first kappa shape index (κ1) is 13.6. The Morgan fingerprint density at radius 1 is 1.21 bits per heavy atom. The van der Waals surface area contributed by atoms with E-state index < -0.39 is 6.10 Å². The molecule has 1 aromatic carbocycles. The molecule has 0 amide bonds. The van der Waals surface area contributed by atoms with Crippen LogP contribution in [0.3, 0.4) is 0 Å². The molecule has 0 saturated heterocycles. The molecule has 4 nitrogen and oxygen atoms in total. The summed E-state index contributed by atoms with van der Waals surface area (Å²) < 4.78 is 5.16. The number of aliphatic hydroxyl groups is 1. The van der Waals surface area contributed by atoms with Crippen LogP contribution in [-0.4, -0.2) is 16.3 Å². The summed E-state index contributed by atoms with van der Waals surface area (Å²) in [4.78, 5) is 0. The summed E-state index contributed by atoms with van der Waals surface area (Å²) in [5, 5.41) is 22.9. The van der Waals surface area contributed by atoms with Gasteiger partial charge in [0.15, 0.2) is 0 Å². The molecule has 0 aliphatic heterocycles. The van der Waals surface area contributed by atoms with Crippen LogP contribution in [0.5, 0.6) is 5.75 Å². The Morgan fingerprint density at radius 3 is 2.68 bits per heavy atom. The Morgan fingerprint density at radius 2 is 2.00 bits per heavy atom.